The third kappa shape index (κ3) is 3.71. The first kappa shape index (κ1) is 18.8. The molecule has 1 atom stereocenters. The lowest BCUT2D eigenvalue weighted by molar-refractivity contribution is -0.119. The second-order valence-corrected chi connectivity index (χ2v) is 8.20. The van der Waals surface area contributed by atoms with Crippen LogP contribution in [0.2, 0.25) is 0 Å². The highest BCUT2D eigenvalue weighted by atomic mass is 32.2. The average molecular weight is 397 g/mol. The molecular weight excluding hydrogens is 372 g/mol. The summed E-state index contributed by atoms with van der Waals surface area (Å²) in [5, 5.41) is 3.59. The summed E-state index contributed by atoms with van der Waals surface area (Å²) in [5.41, 5.74) is 3.05. The van der Waals surface area contributed by atoms with Gasteiger partial charge in [0.1, 0.15) is 11.0 Å². The number of rotatable bonds is 7. The van der Waals surface area contributed by atoms with Gasteiger partial charge in [0.25, 0.3) is 5.56 Å². The molecule has 6 nitrogen and oxygen atoms in total. The Kier molecular flexibility index (Phi) is 5.26. The van der Waals surface area contributed by atoms with Gasteiger partial charge >= 0.3 is 0 Å². The van der Waals surface area contributed by atoms with Crippen molar-refractivity contribution in [1.82, 2.24) is 19.9 Å². The van der Waals surface area contributed by atoms with E-state index in [1.165, 1.54) is 11.8 Å². The van der Waals surface area contributed by atoms with Crippen molar-refractivity contribution in [1.29, 1.82) is 0 Å². The number of nitrogens with zero attached hydrogens (tertiary/aromatic N) is 2. The zero-order valence-electron chi connectivity index (χ0n) is 16.1. The Labute approximate surface area is 167 Å². The van der Waals surface area contributed by atoms with Crippen LogP contribution in [0, 0.1) is 0 Å². The van der Waals surface area contributed by atoms with Gasteiger partial charge in [-0.15, -0.1) is 0 Å². The number of H-pyrrole nitrogens is 1. The summed E-state index contributed by atoms with van der Waals surface area (Å²) in [6.07, 6.45) is 4.69. The molecule has 28 heavy (non-hydrogen) atoms. The molecule has 146 valence electrons. The fourth-order valence-corrected chi connectivity index (χ4v) is 4.07. The molecule has 1 fully saturated rings. The SMILES string of the molecule is CCC(C)NC(=O)CSc1nc2c(-c3ccccc3)c[nH]c2c(=O)n1C1CC1. The highest BCUT2D eigenvalue weighted by Gasteiger charge is 2.29. The van der Waals surface area contributed by atoms with E-state index >= 15 is 0 Å². The van der Waals surface area contributed by atoms with Gasteiger partial charge < -0.3 is 10.3 Å². The van der Waals surface area contributed by atoms with Crippen molar-refractivity contribution in [2.75, 3.05) is 5.75 Å². The first-order valence-electron chi connectivity index (χ1n) is 9.69. The summed E-state index contributed by atoms with van der Waals surface area (Å²) >= 11 is 1.34. The predicted octanol–water partition coefficient (Wildman–Crippen LogP) is 3.73. The molecule has 0 bridgehead atoms. The van der Waals surface area contributed by atoms with Crippen molar-refractivity contribution in [3.8, 4) is 11.1 Å². The Morgan fingerprint density at radius 3 is 2.79 bits per heavy atom. The Hall–Kier alpha value is -2.54. The number of carbonyl (C=O) groups excluding carboxylic acids is 1. The molecule has 0 saturated heterocycles. The zero-order valence-corrected chi connectivity index (χ0v) is 16.9. The minimum atomic E-state index is -0.0560. The second kappa shape index (κ2) is 7.83. The lowest BCUT2D eigenvalue weighted by Gasteiger charge is -2.13. The number of nitrogens with one attached hydrogen (secondary N) is 2. The number of carbonyl (C=O) groups is 1. The number of thioether (sulfide) groups is 1. The van der Waals surface area contributed by atoms with Crippen molar-refractivity contribution in [2.45, 2.75) is 50.4 Å². The van der Waals surface area contributed by atoms with Crippen LogP contribution in [0.5, 0.6) is 0 Å². The number of aromatic amines is 1. The molecule has 0 spiro atoms. The van der Waals surface area contributed by atoms with Crippen LogP contribution in [-0.4, -0.2) is 32.2 Å². The summed E-state index contributed by atoms with van der Waals surface area (Å²) in [5.74, 6) is 0.216. The van der Waals surface area contributed by atoms with E-state index in [9.17, 15) is 9.59 Å². The lowest BCUT2D eigenvalue weighted by atomic mass is 10.1. The molecule has 1 aliphatic rings. The Balaban J connectivity index is 1.71. The normalized spacial score (nSPS) is 14.9. The Morgan fingerprint density at radius 2 is 2.11 bits per heavy atom. The molecule has 3 aromatic rings. The van der Waals surface area contributed by atoms with E-state index in [0.717, 1.165) is 30.4 Å². The highest BCUT2D eigenvalue weighted by Crippen LogP contribution is 2.37. The van der Waals surface area contributed by atoms with Crippen LogP contribution in [-0.2, 0) is 4.79 Å². The molecule has 2 aromatic heterocycles. The summed E-state index contributed by atoms with van der Waals surface area (Å²) in [6, 6.07) is 10.2. The standard InChI is InChI=1S/C21H24N4O2S/c1-3-13(2)23-17(26)12-28-21-24-18-16(14-7-5-4-6-8-14)11-22-19(18)20(27)25(21)15-9-10-15/h4-8,11,13,15,22H,3,9-10,12H2,1-2H3,(H,23,26). The summed E-state index contributed by atoms with van der Waals surface area (Å²) in [7, 11) is 0. The van der Waals surface area contributed by atoms with Crippen LogP contribution in [0.3, 0.4) is 0 Å². The largest absolute Gasteiger partial charge is 0.355 e. The van der Waals surface area contributed by atoms with Crippen LogP contribution < -0.4 is 10.9 Å². The first-order valence-corrected chi connectivity index (χ1v) is 10.7. The smallest absolute Gasteiger partial charge is 0.278 e. The van der Waals surface area contributed by atoms with E-state index in [-0.39, 0.29) is 29.3 Å². The van der Waals surface area contributed by atoms with E-state index in [0.29, 0.717) is 16.2 Å². The minimum Gasteiger partial charge on any atom is -0.355 e. The van der Waals surface area contributed by atoms with E-state index in [4.69, 9.17) is 4.98 Å². The Morgan fingerprint density at radius 1 is 1.36 bits per heavy atom. The number of hydrogen-bond donors (Lipinski definition) is 2. The fraction of sp³-hybridized carbons (Fsp3) is 0.381. The molecule has 7 heteroatoms. The van der Waals surface area contributed by atoms with Gasteiger partial charge in [-0.1, -0.05) is 49.0 Å². The van der Waals surface area contributed by atoms with Crippen molar-refractivity contribution in [3.63, 3.8) is 0 Å². The lowest BCUT2D eigenvalue weighted by Crippen LogP contribution is -2.33. The molecule has 4 rings (SSSR count). The maximum absolute atomic E-state index is 13.1. The van der Waals surface area contributed by atoms with Gasteiger partial charge in [-0.25, -0.2) is 4.98 Å². The van der Waals surface area contributed by atoms with E-state index in [1.54, 1.807) is 4.57 Å². The van der Waals surface area contributed by atoms with E-state index in [1.807, 2.05) is 50.4 Å². The van der Waals surface area contributed by atoms with Gasteiger partial charge in [0.2, 0.25) is 5.91 Å². The van der Waals surface area contributed by atoms with Crippen molar-refractivity contribution >= 4 is 28.7 Å². The van der Waals surface area contributed by atoms with E-state index < -0.39 is 0 Å². The molecule has 1 aromatic carbocycles. The monoisotopic (exact) mass is 396 g/mol. The summed E-state index contributed by atoms with van der Waals surface area (Å²) < 4.78 is 1.76. The number of benzene rings is 1. The third-order valence-electron chi connectivity index (χ3n) is 5.05. The molecule has 0 radical (unpaired) electrons. The van der Waals surface area contributed by atoms with Crippen LogP contribution in [0.15, 0.2) is 46.5 Å². The first-order chi connectivity index (χ1) is 13.6. The topological polar surface area (TPSA) is 79.8 Å². The molecule has 2 N–H and O–H groups in total. The fourth-order valence-electron chi connectivity index (χ4n) is 3.19. The van der Waals surface area contributed by atoms with Gasteiger partial charge in [-0.05, 0) is 31.7 Å². The van der Waals surface area contributed by atoms with Gasteiger partial charge in [0.05, 0.1) is 5.75 Å². The second-order valence-electron chi connectivity index (χ2n) is 7.26. The van der Waals surface area contributed by atoms with Crippen molar-refractivity contribution < 1.29 is 4.79 Å². The van der Waals surface area contributed by atoms with Crippen LogP contribution in [0.25, 0.3) is 22.2 Å². The highest BCUT2D eigenvalue weighted by molar-refractivity contribution is 7.99. The number of fused-ring (bicyclic) bond motifs is 1. The van der Waals surface area contributed by atoms with Crippen LogP contribution in [0.4, 0.5) is 0 Å². The van der Waals surface area contributed by atoms with Crippen LogP contribution >= 0.6 is 11.8 Å². The van der Waals surface area contributed by atoms with Gasteiger partial charge in [0.15, 0.2) is 5.16 Å². The zero-order chi connectivity index (χ0) is 19.7. The van der Waals surface area contributed by atoms with Crippen molar-refractivity contribution in [2.24, 2.45) is 0 Å². The molecule has 1 amide bonds. The maximum Gasteiger partial charge on any atom is 0.278 e. The van der Waals surface area contributed by atoms with Crippen molar-refractivity contribution in [3.05, 3.63) is 46.9 Å². The molecule has 0 aliphatic heterocycles. The predicted molar refractivity (Wildman–Crippen MR) is 113 cm³/mol. The molecule has 2 heterocycles. The number of hydrogen-bond acceptors (Lipinski definition) is 4. The van der Waals surface area contributed by atoms with Gasteiger partial charge in [-0.2, -0.15) is 0 Å². The quantitative estimate of drug-likeness (QED) is 0.471. The van der Waals surface area contributed by atoms with Crippen LogP contribution in [0.1, 0.15) is 39.2 Å². The summed E-state index contributed by atoms with van der Waals surface area (Å²) in [4.78, 5) is 33.3. The Bertz CT molecular complexity index is 1050. The van der Waals surface area contributed by atoms with Gasteiger partial charge in [0, 0.05) is 23.8 Å². The molecule has 1 aliphatic carbocycles. The third-order valence-corrected chi connectivity index (χ3v) is 6.00. The number of amides is 1. The molecule has 1 saturated carbocycles. The van der Waals surface area contributed by atoms with Gasteiger partial charge in [-0.3, -0.25) is 14.2 Å². The molecule has 1 unspecified atom stereocenters. The maximum atomic E-state index is 13.1. The molecular formula is C21H24N4O2S. The minimum absolute atomic E-state index is 0.0339. The number of aromatic nitrogens is 3. The summed E-state index contributed by atoms with van der Waals surface area (Å²) in [6.45, 7) is 4.02. The average Bonchev–Trinajstić information content (AvgIpc) is 3.45. The van der Waals surface area contributed by atoms with E-state index in [2.05, 4.69) is 10.3 Å².